The van der Waals surface area contributed by atoms with Gasteiger partial charge in [0.15, 0.2) is 0 Å². The quantitative estimate of drug-likeness (QED) is 0.743. The van der Waals surface area contributed by atoms with E-state index in [1.54, 1.807) is 0 Å². The van der Waals surface area contributed by atoms with Gasteiger partial charge in [-0.3, -0.25) is 0 Å². The molecule has 0 amide bonds. The first kappa shape index (κ1) is 13.4. The standard InChI is InChI=1S/C17H25N/c1-3-10-16(18-4-2)17(13-8-9-14-17)15-11-6-5-7-12-15/h3,5-7,11-12,16,18H,1,4,8-10,13-14H2,2H3. The van der Waals surface area contributed by atoms with E-state index in [-0.39, 0.29) is 0 Å². The van der Waals surface area contributed by atoms with Crippen LogP contribution < -0.4 is 5.32 Å². The molecule has 0 saturated heterocycles. The van der Waals surface area contributed by atoms with Crippen molar-refractivity contribution in [1.29, 1.82) is 0 Å². The summed E-state index contributed by atoms with van der Waals surface area (Å²) in [5.74, 6) is 0. The Morgan fingerprint density at radius 2 is 1.94 bits per heavy atom. The lowest BCUT2D eigenvalue weighted by Gasteiger charge is -2.38. The van der Waals surface area contributed by atoms with Crippen LogP contribution in [-0.4, -0.2) is 12.6 Å². The van der Waals surface area contributed by atoms with E-state index in [0.29, 0.717) is 11.5 Å². The molecule has 1 fully saturated rings. The monoisotopic (exact) mass is 243 g/mol. The Hall–Kier alpha value is -1.08. The van der Waals surface area contributed by atoms with Crippen LogP contribution in [0, 0.1) is 0 Å². The lowest BCUT2D eigenvalue weighted by atomic mass is 9.71. The van der Waals surface area contributed by atoms with Crippen molar-refractivity contribution in [3.8, 4) is 0 Å². The van der Waals surface area contributed by atoms with Crippen LogP contribution in [0.3, 0.4) is 0 Å². The molecule has 0 heterocycles. The van der Waals surface area contributed by atoms with Crippen LogP contribution in [0.2, 0.25) is 0 Å². The van der Waals surface area contributed by atoms with Gasteiger partial charge >= 0.3 is 0 Å². The van der Waals surface area contributed by atoms with Crippen LogP contribution in [-0.2, 0) is 5.41 Å². The second kappa shape index (κ2) is 6.19. The average molecular weight is 243 g/mol. The van der Waals surface area contributed by atoms with E-state index >= 15 is 0 Å². The van der Waals surface area contributed by atoms with Gasteiger partial charge < -0.3 is 5.32 Å². The molecule has 98 valence electrons. The summed E-state index contributed by atoms with van der Waals surface area (Å²) in [5, 5.41) is 3.69. The van der Waals surface area contributed by atoms with Crippen molar-refractivity contribution in [3.05, 3.63) is 48.6 Å². The van der Waals surface area contributed by atoms with Crippen LogP contribution in [0.1, 0.15) is 44.6 Å². The van der Waals surface area contributed by atoms with Gasteiger partial charge in [0.25, 0.3) is 0 Å². The second-order valence-corrected chi connectivity index (χ2v) is 5.36. The molecule has 1 aromatic carbocycles. The maximum Gasteiger partial charge on any atom is 0.0198 e. The number of nitrogens with one attached hydrogen (secondary N) is 1. The summed E-state index contributed by atoms with van der Waals surface area (Å²) < 4.78 is 0. The maximum absolute atomic E-state index is 3.94. The van der Waals surface area contributed by atoms with Crippen molar-refractivity contribution in [3.63, 3.8) is 0 Å². The lowest BCUT2D eigenvalue weighted by Crippen LogP contribution is -2.46. The Morgan fingerprint density at radius 3 is 2.50 bits per heavy atom. The fourth-order valence-electron chi connectivity index (χ4n) is 3.53. The Bertz CT molecular complexity index is 362. The van der Waals surface area contributed by atoms with Gasteiger partial charge in [-0.2, -0.15) is 0 Å². The maximum atomic E-state index is 3.94. The molecule has 0 bridgehead atoms. The molecule has 0 aliphatic heterocycles. The molecule has 0 spiro atoms. The summed E-state index contributed by atoms with van der Waals surface area (Å²) >= 11 is 0. The van der Waals surface area contributed by atoms with Crippen molar-refractivity contribution < 1.29 is 0 Å². The zero-order valence-corrected chi connectivity index (χ0v) is 11.5. The topological polar surface area (TPSA) is 12.0 Å². The van der Waals surface area contributed by atoms with Gasteiger partial charge in [0.2, 0.25) is 0 Å². The Morgan fingerprint density at radius 1 is 1.28 bits per heavy atom. The smallest absolute Gasteiger partial charge is 0.0198 e. The number of likely N-dealkylation sites (N-methyl/N-ethyl adjacent to an activating group) is 1. The molecule has 2 rings (SSSR count). The normalized spacial score (nSPS) is 19.6. The van der Waals surface area contributed by atoms with Crippen LogP contribution in [0.5, 0.6) is 0 Å². The highest BCUT2D eigenvalue weighted by atomic mass is 14.9. The predicted molar refractivity (Wildman–Crippen MR) is 78.9 cm³/mol. The van der Waals surface area contributed by atoms with Gasteiger partial charge in [-0.15, -0.1) is 6.58 Å². The van der Waals surface area contributed by atoms with E-state index in [2.05, 4.69) is 55.2 Å². The van der Waals surface area contributed by atoms with Crippen molar-refractivity contribution in [2.24, 2.45) is 0 Å². The van der Waals surface area contributed by atoms with Crippen LogP contribution >= 0.6 is 0 Å². The van der Waals surface area contributed by atoms with E-state index in [1.165, 1.54) is 31.2 Å². The third kappa shape index (κ3) is 2.51. The van der Waals surface area contributed by atoms with Crippen molar-refractivity contribution in [2.75, 3.05) is 6.54 Å². The summed E-state index contributed by atoms with van der Waals surface area (Å²) in [4.78, 5) is 0. The van der Waals surface area contributed by atoms with E-state index in [1.807, 2.05) is 0 Å². The van der Waals surface area contributed by atoms with Gasteiger partial charge in [-0.05, 0) is 31.4 Å². The van der Waals surface area contributed by atoms with Crippen LogP contribution in [0.4, 0.5) is 0 Å². The van der Waals surface area contributed by atoms with Crippen LogP contribution in [0.15, 0.2) is 43.0 Å². The zero-order chi connectivity index (χ0) is 12.8. The minimum Gasteiger partial charge on any atom is -0.313 e. The second-order valence-electron chi connectivity index (χ2n) is 5.36. The molecule has 1 atom stereocenters. The molecule has 1 heteroatoms. The molecule has 1 saturated carbocycles. The van der Waals surface area contributed by atoms with Gasteiger partial charge in [-0.25, -0.2) is 0 Å². The SMILES string of the molecule is C=CCC(NCC)C1(c2ccccc2)CCCC1. The molecule has 1 aliphatic rings. The molecule has 1 aliphatic carbocycles. The van der Waals surface area contributed by atoms with E-state index < -0.39 is 0 Å². The third-order valence-corrected chi connectivity index (χ3v) is 4.36. The Balaban J connectivity index is 2.33. The Labute approximate surface area is 111 Å². The van der Waals surface area contributed by atoms with Gasteiger partial charge in [-0.1, -0.05) is 56.2 Å². The molecular formula is C17H25N. The molecule has 1 N–H and O–H groups in total. The summed E-state index contributed by atoms with van der Waals surface area (Å²) in [7, 11) is 0. The van der Waals surface area contributed by atoms with Crippen LogP contribution in [0.25, 0.3) is 0 Å². The van der Waals surface area contributed by atoms with Crippen molar-refractivity contribution >= 4 is 0 Å². The number of hydrogen-bond acceptors (Lipinski definition) is 1. The van der Waals surface area contributed by atoms with Gasteiger partial charge in [0.05, 0.1) is 0 Å². The first-order chi connectivity index (χ1) is 8.83. The zero-order valence-electron chi connectivity index (χ0n) is 11.5. The molecule has 1 unspecified atom stereocenters. The molecule has 18 heavy (non-hydrogen) atoms. The minimum atomic E-state index is 0.325. The summed E-state index contributed by atoms with van der Waals surface area (Å²) in [6.45, 7) is 7.17. The molecule has 0 radical (unpaired) electrons. The summed E-state index contributed by atoms with van der Waals surface area (Å²) in [5.41, 5.74) is 1.83. The fraction of sp³-hybridized carbons (Fsp3) is 0.529. The highest BCUT2D eigenvalue weighted by Gasteiger charge is 2.41. The van der Waals surface area contributed by atoms with E-state index in [4.69, 9.17) is 0 Å². The predicted octanol–water partition coefficient (Wildman–Crippen LogP) is 4.05. The molecular weight excluding hydrogens is 218 g/mol. The van der Waals surface area contributed by atoms with Crippen molar-refractivity contribution in [2.45, 2.75) is 50.5 Å². The first-order valence-electron chi connectivity index (χ1n) is 7.23. The average Bonchev–Trinajstić information content (AvgIpc) is 2.90. The highest BCUT2D eigenvalue weighted by Crippen LogP contribution is 2.44. The lowest BCUT2D eigenvalue weighted by molar-refractivity contribution is 0.300. The minimum absolute atomic E-state index is 0.325. The molecule has 1 nitrogen and oxygen atoms in total. The number of benzene rings is 1. The third-order valence-electron chi connectivity index (χ3n) is 4.36. The number of hydrogen-bond donors (Lipinski definition) is 1. The van der Waals surface area contributed by atoms with Crippen molar-refractivity contribution in [1.82, 2.24) is 5.32 Å². The molecule has 1 aromatic rings. The molecule has 0 aromatic heterocycles. The highest BCUT2D eigenvalue weighted by molar-refractivity contribution is 5.29. The van der Waals surface area contributed by atoms with E-state index in [0.717, 1.165) is 13.0 Å². The Kier molecular flexibility index (Phi) is 4.60. The largest absolute Gasteiger partial charge is 0.313 e. The summed E-state index contributed by atoms with van der Waals surface area (Å²) in [6, 6.07) is 11.6. The first-order valence-corrected chi connectivity index (χ1v) is 7.23. The number of rotatable bonds is 6. The fourth-order valence-corrected chi connectivity index (χ4v) is 3.53. The summed E-state index contributed by atoms with van der Waals surface area (Å²) in [6.07, 6.45) is 8.45. The van der Waals surface area contributed by atoms with Gasteiger partial charge in [0, 0.05) is 11.5 Å². The van der Waals surface area contributed by atoms with E-state index in [9.17, 15) is 0 Å². The van der Waals surface area contributed by atoms with Gasteiger partial charge in [0.1, 0.15) is 0 Å².